The number of carbonyl (C=O) groups excluding carboxylic acids is 1. The zero-order valence-corrected chi connectivity index (χ0v) is 15.9. The molecule has 0 spiro atoms. The van der Waals surface area contributed by atoms with Crippen LogP contribution in [0.2, 0.25) is 0 Å². The molecule has 0 saturated carbocycles. The Morgan fingerprint density at radius 2 is 2.04 bits per heavy atom. The zero-order chi connectivity index (χ0) is 19.2. The summed E-state index contributed by atoms with van der Waals surface area (Å²) >= 11 is 3.33. The lowest BCUT2D eigenvalue weighted by atomic mass is 10.3. The summed E-state index contributed by atoms with van der Waals surface area (Å²) in [5, 5.41) is 7.00. The zero-order valence-electron chi connectivity index (χ0n) is 14.4. The molecule has 0 aliphatic heterocycles. The minimum Gasteiger partial charge on any atom is -0.474 e. The summed E-state index contributed by atoms with van der Waals surface area (Å²) < 4.78 is 25.5. The van der Waals surface area contributed by atoms with Gasteiger partial charge in [-0.05, 0) is 52.3 Å². The van der Waals surface area contributed by atoms with Gasteiger partial charge in [-0.3, -0.25) is 4.79 Å². The van der Waals surface area contributed by atoms with Crippen LogP contribution in [-0.2, 0) is 4.74 Å². The molecule has 1 amide bonds. The van der Waals surface area contributed by atoms with Crippen LogP contribution >= 0.6 is 15.9 Å². The third-order valence-corrected chi connectivity index (χ3v) is 4.10. The number of nitrogens with zero attached hydrogens (tertiary/aromatic N) is 3. The van der Waals surface area contributed by atoms with Crippen molar-refractivity contribution in [3.63, 3.8) is 0 Å². The highest BCUT2D eigenvalue weighted by Crippen LogP contribution is 2.24. The molecule has 1 N–H and O–H groups in total. The maximum absolute atomic E-state index is 13.1. The first-order chi connectivity index (χ1) is 13.1. The minimum absolute atomic E-state index is 0.172. The van der Waals surface area contributed by atoms with Crippen molar-refractivity contribution in [1.82, 2.24) is 14.8 Å². The van der Waals surface area contributed by atoms with E-state index < -0.39 is 5.91 Å². The summed E-state index contributed by atoms with van der Waals surface area (Å²) in [6.07, 6.45) is 3.19. The lowest BCUT2D eigenvalue weighted by Crippen LogP contribution is -2.15. The highest BCUT2D eigenvalue weighted by molar-refractivity contribution is 9.10. The molecule has 0 atom stereocenters. The number of halogens is 2. The van der Waals surface area contributed by atoms with Crippen LogP contribution < -0.4 is 10.1 Å². The Hall–Kier alpha value is -2.78. The molecule has 2 heterocycles. The van der Waals surface area contributed by atoms with E-state index in [1.807, 2.05) is 0 Å². The fourth-order valence-electron chi connectivity index (χ4n) is 2.24. The molecule has 0 radical (unpaired) electrons. The molecular weight excluding hydrogens is 419 g/mol. The topological polar surface area (TPSA) is 78.3 Å². The summed E-state index contributed by atoms with van der Waals surface area (Å²) in [4.78, 5) is 16.7. The van der Waals surface area contributed by atoms with Gasteiger partial charge < -0.3 is 14.8 Å². The summed E-state index contributed by atoms with van der Waals surface area (Å²) in [5.74, 6) is -0.496. The van der Waals surface area contributed by atoms with Crippen LogP contribution in [0.1, 0.15) is 10.5 Å². The van der Waals surface area contributed by atoms with Crippen molar-refractivity contribution >= 4 is 27.5 Å². The Kier molecular flexibility index (Phi) is 6.15. The number of pyridine rings is 1. The van der Waals surface area contributed by atoms with Gasteiger partial charge in [-0.1, -0.05) is 0 Å². The lowest BCUT2D eigenvalue weighted by molar-refractivity contribution is 0.102. The predicted molar refractivity (Wildman–Crippen MR) is 101 cm³/mol. The molecule has 0 fully saturated rings. The van der Waals surface area contributed by atoms with E-state index in [0.29, 0.717) is 29.1 Å². The molecule has 7 nitrogen and oxygen atoms in total. The summed E-state index contributed by atoms with van der Waals surface area (Å²) in [7, 11) is 1.57. The first kappa shape index (κ1) is 19.0. The smallest absolute Gasteiger partial charge is 0.277 e. The Morgan fingerprint density at radius 1 is 1.26 bits per heavy atom. The van der Waals surface area contributed by atoms with Crippen LogP contribution in [-0.4, -0.2) is 41.0 Å². The molecule has 9 heteroatoms. The van der Waals surface area contributed by atoms with Crippen LogP contribution in [0.25, 0.3) is 5.69 Å². The molecule has 27 heavy (non-hydrogen) atoms. The number of ether oxygens (including phenoxy) is 2. The molecule has 0 bridgehead atoms. The van der Waals surface area contributed by atoms with Gasteiger partial charge in [0.25, 0.3) is 5.91 Å². The van der Waals surface area contributed by atoms with Crippen LogP contribution in [0.3, 0.4) is 0 Å². The second-order valence-electron chi connectivity index (χ2n) is 5.40. The predicted octanol–water partition coefficient (Wildman–Crippen LogP) is 3.45. The van der Waals surface area contributed by atoms with Gasteiger partial charge in [0.15, 0.2) is 5.69 Å². The second kappa shape index (κ2) is 8.74. The van der Waals surface area contributed by atoms with E-state index in [1.54, 1.807) is 43.8 Å². The van der Waals surface area contributed by atoms with E-state index in [4.69, 9.17) is 9.47 Å². The van der Waals surface area contributed by atoms with Gasteiger partial charge in [0, 0.05) is 19.5 Å². The Morgan fingerprint density at radius 3 is 2.78 bits per heavy atom. The molecule has 2 aromatic heterocycles. The molecule has 0 saturated heterocycles. The number of nitrogens with one attached hydrogen (secondary N) is 1. The quantitative estimate of drug-likeness (QED) is 0.576. The molecule has 0 aliphatic carbocycles. The first-order valence-electron chi connectivity index (χ1n) is 7.97. The van der Waals surface area contributed by atoms with Crippen LogP contribution in [0.4, 0.5) is 10.1 Å². The molecule has 1 aromatic carbocycles. The number of hydrogen-bond acceptors (Lipinski definition) is 5. The van der Waals surface area contributed by atoms with Gasteiger partial charge in [0.05, 0.1) is 16.8 Å². The summed E-state index contributed by atoms with van der Waals surface area (Å²) in [5.41, 5.74) is 1.22. The van der Waals surface area contributed by atoms with Gasteiger partial charge in [0.2, 0.25) is 5.88 Å². The van der Waals surface area contributed by atoms with Gasteiger partial charge in [-0.25, -0.2) is 14.1 Å². The highest BCUT2D eigenvalue weighted by Gasteiger charge is 2.18. The minimum atomic E-state index is -0.438. The molecule has 0 aliphatic rings. The number of carbonyl (C=O) groups is 1. The van der Waals surface area contributed by atoms with Crippen molar-refractivity contribution < 1.29 is 18.7 Å². The van der Waals surface area contributed by atoms with E-state index >= 15 is 0 Å². The maximum Gasteiger partial charge on any atom is 0.277 e. The summed E-state index contributed by atoms with van der Waals surface area (Å²) in [6, 6.07) is 9.15. The number of aromatic nitrogens is 3. The molecule has 3 aromatic rings. The average Bonchev–Trinajstić information content (AvgIpc) is 3.06. The van der Waals surface area contributed by atoms with E-state index in [0.717, 1.165) is 0 Å². The van der Waals surface area contributed by atoms with Crippen molar-refractivity contribution in [3.05, 3.63) is 64.8 Å². The third kappa shape index (κ3) is 4.69. The Labute approximate surface area is 163 Å². The van der Waals surface area contributed by atoms with E-state index in [9.17, 15) is 9.18 Å². The number of benzene rings is 1. The summed E-state index contributed by atoms with van der Waals surface area (Å²) in [6.45, 7) is 0.705. The van der Waals surface area contributed by atoms with Gasteiger partial charge >= 0.3 is 0 Å². The number of hydrogen-bond donors (Lipinski definition) is 1. The maximum atomic E-state index is 13.1. The third-order valence-electron chi connectivity index (χ3n) is 3.52. The van der Waals surface area contributed by atoms with Gasteiger partial charge in [-0.2, -0.15) is 5.10 Å². The van der Waals surface area contributed by atoms with Crippen molar-refractivity contribution in [2.45, 2.75) is 0 Å². The number of rotatable bonds is 7. The van der Waals surface area contributed by atoms with E-state index in [1.165, 1.54) is 16.8 Å². The van der Waals surface area contributed by atoms with E-state index in [-0.39, 0.29) is 17.4 Å². The molecule has 0 unspecified atom stereocenters. The van der Waals surface area contributed by atoms with E-state index in [2.05, 4.69) is 31.3 Å². The number of methoxy groups -OCH3 is 1. The van der Waals surface area contributed by atoms with Crippen LogP contribution in [0.15, 0.2) is 53.3 Å². The fraction of sp³-hybridized carbons (Fsp3) is 0.167. The monoisotopic (exact) mass is 434 g/mol. The largest absolute Gasteiger partial charge is 0.474 e. The van der Waals surface area contributed by atoms with Crippen molar-refractivity contribution in [1.29, 1.82) is 0 Å². The average molecular weight is 435 g/mol. The highest BCUT2D eigenvalue weighted by atomic mass is 79.9. The first-order valence-corrected chi connectivity index (χ1v) is 8.77. The molecular formula is C18H16BrFN4O3. The number of amides is 1. The normalized spacial score (nSPS) is 10.6. The van der Waals surface area contributed by atoms with Gasteiger partial charge in [0.1, 0.15) is 18.1 Å². The van der Waals surface area contributed by atoms with Gasteiger partial charge in [-0.15, -0.1) is 0 Å². The lowest BCUT2D eigenvalue weighted by Gasteiger charge is -2.10. The number of anilines is 1. The Balaban J connectivity index is 1.78. The molecule has 3 rings (SSSR count). The van der Waals surface area contributed by atoms with Crippen LogP contribution in [0.5, 0.6) is 5.88 Å². The SMILES string of the molecule is COCCOc1ncccc1NC(=O)c1nn(-c2ccc(F)cc2)cc1Br. The molecule has 140 valence electrons. The van der Waals surface area contributed by atoms with Crippen molar-refractivity contribution in [3.8, 4) is 11.6 Å². The van der Waals surface area contributed by atoms with Crippen LogP contribution in [0, 0.1) is 5.82 Å². The Bertz CT molecular complexity index is 931. The van der Waals surface area contributed by atoms with Crippen molar-refractivity contribution in [2.24, 2.45) is 0 Å². The van der Waals surface area contributed by atoms with Crippen molar-refractivity contribution in [2.75, 3.05) is 25.6 Å². The fourth-order valence-corrected chi connectivity index (χ4v) is 2.69. The second-order valence-corrected chi connectivity index (χ2v) is 6.25. The standard InChI is InChI=1S/C18H16BrFN4O3/c1-26-9-10-27-18-15(3-2-8-21-18)22-17(25)16-14(19)11-24(23-16)13-6-4-12(20)5-7-13/h2-8,11H,9-10H2,1H3,(H,22,25).